The molecule has 2 heterocycles. The maximum absolute atomic E-state index is 13.1. The Morgan fingerprint density at radius 1 is 1.28 bits per heavy atom. The van der Waals surface area contributed by atoms with E-state index in [0.29, 0.717) is 36.9 Å². The number of rotatable bonds is 4. The molecule has 1 aromatic heterocycles. The first-order valence-electron chi connectivity index (χ1n) is 7.96. The monoisotopic (exact) mass is 364 g/mol. The number of H-pyrrole nitrogens is 1. The second-order valence-corrected chi connectivity index (χ2v) is 6.35. The van der Waals surface area contributed by atoms with Gasteiger partial charge in [-0.1, -0.05) is 23.7 Å². The summed E-state index contributed by atoms with van der Waals surface area (Å²) in [5, 5.41) is 7.00. The number of carbonyl (C=O) groups excluding carboxylic acids is 2. The number of hydrogen-bond donors (Lipinski definition) is 1. The predicted octanol–water partition coefficient (Wildman–Crippen LogP) is 2.21. The smallest absolute Gasteiger partial charge is 0.276 e. The van der Waals surface area contributed by atoms with E-state index in [1.54, 1.807) is 24.0 Å². The molecule has 0 aliphatic carbocycles. The van der Waals surface area contributed by atoms with Crippen molar-refractivity contribution in [2.45, 2.75) is 13.0 Å². The molecular weight excluding hydrogens is 347 g/mol. The molecule has 25 heavy (non-hydrogen) atoms. The molecule has 1 N–H and O–H groups in total. The minimum absolute atomic E-state index is 0.220. The summed E-state index contributed by atoms with van der Waals surface area (Å²) in [7, 11) is 0. The molecule has 1 saturated heterocycles. The number of hydrogen-bond acceptors (Lipinski definition) is 4. The lowest BCUT2D eigenvalue weighted by atomic mass is 10.1. The molecule has 6 nitrogen and oxygen atoms in total. The minimum Gasteiger partial charge on any atom is -0.335 e. The lowest BCUT2D eigenvalue weighted by Gasteiger charge is -2.37. The number of halogens is 2. The summed E-state index contributed by atoms with van der Waals surface area (Å²) >= 11 is 6.09. The summed E-state index contributed by atoms with van der Waals surface area (Å²) < 4.78 is 13.1. The van der Waals surface area contributed by atoms with Crippen molar-refractivity contribution in [2.24, 2.45) is 0 Å². The minimum atomic E-state index is -0.450. The third-order valence-electron chi connectivity index (χ3n) is 4.41. The van der Waals surface area contributed by atoms with Crippen LogP contribution in [0.4, 0.5) is 4.39 Å². The van der Waals surface area contributed by atoms with E-state index in [1.807, 2.05) is 4.90 Å². The lowest BCUT2D eigenvalue weighted by Crippen LogP contribution is -2.50. The lowest BCUT2D eigenvalue weighted by molar-refractivity contribution is -0.113. The molecule has 1 fully saturated rings. The van der Waals surface area contributed by atoms with Crippen LogP contribution in [0.15, 0.2) is 24.3 Å². The van der Waals surface area contributed by atoms with E-state index in [2.05, 4.69) is 10.2 Å². The summed E-state index contributed by atoms with van der Waals surface area (Å²) in [6.07, 6.45) is 0.846. The average Bonchev–Trinajstić information content (AvgIpc) is 2.96. The molecule has 0 radical (unpaired) electrons. The molecular formula is C17H18ClFN4O2. The van der Waals surface area contributed by atoms with E-state index in [1.165, 1.54) is 12.1 Å². The van der Waals surface area contributed by atoms with Crippen LogP contribution in [0.25, 0.3) is 0 Å². The van der Waals surface area contributed by atoms with E-state index >= 15 is 0 Å². The fourth-order valence-electron chi connectivity index (χ4n) is 2.95. The van der Waals surface area contributed by atoms with Crippen LogP contribution < -0.4 is 0 Å². The fourth-order valence-corrected chi connectivity index (χ4v) is 3.11. The van der Waals surface area contributed by atoms with Gasteiger partial charge in [0.1, 0.15) is 12.1 Å². The van der Waals surface area contributed by atoms with Crippen LogP contribution in [0.3, 0.4) is 0 Å². The number of nitrogens with zero attached hydrogens (tertiary/aromatic N) is 3. The number of piperazine rings is 1. The Bertz CT molecular complexity index is 769. The summed E-state index contributed by atoms with van der Waals surface area (Å²) in [6.45, 7) is 3.75. The zero-order chi connectivity index (χ0) is 18.0. The number of carbonyl (C=O) groups is 2. The third-order valence-corrected chi connectivity index (χ3v) is 4.87. The van der Waals surface area contributed by atoms with Gasteiger partial charge >= 0.3 is 0 Å². The Balaban J connectivity index is 1.66. The van der Waals surface area contributed by atoms with Gasteiger partial charge in [-0.3, -0.25) is 14.8 Å². The van der Waals surface area contributed by atoms with Gasteiger partial charge in [-0.2, -0.15) is 5.10 Å². The third kappa shape index (κ3) is 3.57. The molecule has 1 amide bonds. The Labute approximate surface area is 149 Å². The van der Waals surface area contributed by atoms with Crippen molar-refractivity contribution in [1.29, 1.82) is 0 Å². The Morgan fingerprint density at radius 2 is 1.92 bits per heavy atom. The molecule has 1 aliphatic rings. The van der Waals surface area contributed by atoms with Crippen molar-refractivity contribution in [1.82, 2.24) is 20.0 Å². The van der Waals surface area contributed by atoms with Gasteiger partial charge in [-0.05, 0) is 24.6 Å². The molecule has 132 valence electrons. The van der Waals surface area contributed by atoms with E-state index in [-0.39, 0.29) is 17.4 Å². The maximum Gasteiger partial charge on any atom is 0.276 e. The molecule has 1 aliphatic heterocycles. The van der Waals surface area contributed by atoms with E-state index in [4.69, 9.17) is 11.6 Å². The van der Waals surface area contributed by atoms with E-state index in [9.17, 15) is 14.0 Å². The number of nitrogens with one attached hydrogen (secondary N) is 1. The molecule has 1 atom stereocenters. The molecule has 0 bridgehead atoms. The normalized spacial score (nSPS) is 16.7. The summed E-state index contributed by atoms with van der Waals surface area (Å²) in [5.74, 6) is -0.562. The van der Waals surface area contributed by atoms with Gasteiger partial charge in [-0.25, -0.2) is 4.39 Å². The topological polar surface area (TPSA) is 69.3 Å². The number of aldehydes is 1. The standard InChI is InChI=1S/C17H18ClFN4O2/c1-11-15(18)16(21-20-11)17(25)23-8-6-22(7-9-23)14(10-24)12-2-4-13(19)5-3-12/h2-5,10,14H,6-9H2,1H3,(H,20,21). The van der Waals surface area contributed by atoms with Crippen LogP contribution in [0.5, 0.6) is 0 Å². The molecule has 3 rings (SSSR count). The van der Waals surface area contributed by atoms with Crippen LogP contribution in [-0.4, -0.2) is 58.4 Å². The first kappa shape index (κ1) is 17.6. The van der Waals surface area contributed by atoms with Crippen molar-refractivity contribution in [3.05, 3.63) is 52.1 Å². The largest absolute Gasteiger partial charge is 0.335 e. The first-order valence-corrected chi connectivity index (χ1v) is 8.33. The molecule has 1 aromatic carbocycles. The summed E-state index contributed by atoms with van der Waals surface area (Å²) in [5.41, 5.74) is 1.61. The van der Waals surface area contributed by atoms with Crippen LogP contribution >= 0.6 is 11.6 Å². The highest BCUT2D eigenvalue weighted by Gasteiger charge is 2.29. The van der Waals surface area contributed by atoms with Gasteiger partial charge < -0.3 is 9.69 Å². The molecule has 0 saturated carbocycles. The van der Waals surface area contributed by atoms with Crippen LogP contribution in [0.2, 0.25) is 5.02 Å². The molecule has 8 heteroatoms. The van der Waals surface area contributed by atoms with Crippen LogP contribution in [0.1, 0.15) is 27.8 Å². The van der Waals surface area contributed by atoms with Crippen LogP contribution in [-0.2, 0) is 4.79 Å². The van der Waals surface area contributed by atoms with Gasteiger partial charge in [0.25, 0.3) is 5.91 Å². The van der Waals surface area contributed by atoms with Crippen molar-refractivity contribution < 1.29 is 14.0 Å². The number of aryl methyl sites for hydroxylation is 1. The second kappa shape index (κ2) is 7.33. The predicted molar refractivity (Wildman–Crippen MR) is 91.0 cm³/mol. The maximum atomic E-state index is 13.1. The first-order chi connectivity index (χ1) is 12.0. The van der Waals surface area contributed by atoms with Gasteiger partial charge in [0, 0.05) is 26.2 Å². The zero-order valence-electron chi connectivity index (χ0n) is 13.7. The van der Waals surface area contributed by atoms with Crippen molar-refractivity contribution >= 4 is 23.8 Å². The van der Waals surface area contributed by atoms with Gasteiger partial charge in [0.15, 0.2) is 5.69 Å². The highest BCUT2D eigenvalue weighted by atomic mass is 35.5. The number of aromatic nitrogens is 2. The quantitative estimate of drug-likeness (QED) is 0.844. The highest BCUT2D eigenvalue weighted by molar-refractivity contribution is 6.34. The number of amides is 1. The number of aromatic amines is 1. The Kier molecular flexibility index (Phi) is 5.15. The van der Waals surface area contributed by atoms with Gasteiger partial charge in [0.2, 0.25) is 0 Å². The Morgan fingerprint density at radius 3 is 2.44 bits per heavy atom. The molecule has 0 spiro atoms. The van der Waals surface area contributed by atoms with Gasteiger partial charge in [-0.15, -0.1) is 0 Å². The highest BCUT2D eigenvalue weighted by Crippen LogP contribution is 2.23. The second-order valence-electron chi connectivity index (χ2n) is 5.97. The summed E-state index contributed by atoms with van der Waals surface area (Å²) in [6, 6.07) is 5.45. The van der Waals surface area contributed by atoms with E-state index < -0.39 is 6.04 Å². The molecule has 1 unspecified atom stereocenters. The molecule has 2 aromatic rings. The van der Waals surface area contributed by atoms with E-state index in [0.717, 1.165) is 11.8 Å². The van der Waals surface area contributed by atoms with Crippen molar-refractivity contribution in [2.75, 3.05) is 26.2 Å². The summed E-state index contributed by atoms with van der Waals surface area (Å²) in [4.78, 5) is 27.7. The fraction of sp³-hybridized carbons (Fsp3) is 0.353. The van der Waals surface area contributed by atoms with Crippen LogP contribution in [0, 0.1) is 12.7 Å². The number of benzene rings is 1. The average molecular weight is 365 g/mol. The Hall–Kier alpha value is -2.25. The van der Waals surface area contributed by atoms with Crippen molar-refractivity contribution in [3.8, 4) is 0 Å². The SMILES string of the molecule is Cc1[nH]nc(C(=O)N2CCN(C(C=O)c3ccc(F)cc3)CC2)c1Cl. The van der Waals surface area contributed by atoms with Gasteiger partial charge in [0.05, 0.1) is 16.8 Å². The van der Waals surface area contributed by atoms with Crippen molar-refractivity contribution in [3.63, 3.8) is 0 Å². The zero-order valence-corrected chi connectivity index (χ0v) is 14.5.